The number of amides is 2. The van der Waals surface area contributed by atoms with Crippen LogP contribution < -0.4 is 5.32 Å². The van der Waals surface area contributed by atoms with Gasteiger partial charge in [0.15, 0.2) is 0 Å². The molecule has 2 unspecified atom stereocenters. The zero-order valence-electron chi connectivity index (χ0n) is 17.3. The molecule has 160 valence electrons. The van der Waals surface area contributed by atoms with Gasteiger partial charge in [-0.15, -0.1) is 11.8 Å². The number of carbonyl (C=O) groups is 2. The van der Waals surface area contributed by atoms with E-state index in [0.717, 1.165) is 30.9 Å². The van der Waals surface area contributed by atoms with Gasteiger partial charge in [0, 0.05) is 38.4 Å². The lowest BCUT2D eigenvalue weighted by atomic mass is 10.1. The third-order valence-electron chi connectivity index (χ3n) is 5.00. The Morgan fingerprint density at radius 1 is 1.10 bits per heavy atom. The van der Waals surface area contributed by atoms with Crippen LogP contribution in [-0.4, -0.2) is 84.7 Å². The van der Waals surface area contributed by atoms with Crippen LogP contribution in [0.1, 0.15) is 19.4 Å². The van der Waals surface area contributed by atoms with Crippen LogP contribution in [0.4, 0.5) is 5.69 Å². The number of nitrogens with one attached hydrogen (secondary N) is 1. The predicted octanol–water partition coefficient (Wildman–Crippen LogP) is 1.83. The van der Waals surface area contributed by atoms with Gasteiger partial charge in [0.1, 0.15) is 0 Å². The summed E-state index contributed by atoms with van der Waals surface area (Å²) in [7, 11) is 0. The van der Waals surface area contributed by atoms with Gasteiger partial charge in [-0.3, -0.25) is 14.5 Å². The Labute approximate surface area is 177 Å². The van der Waals surface area contributed by atoms with Crippen molar-refractivity contribution in [2.45, 2.75) is 32.6 Å². The summed E-state index contributed by atoms with van der Waals surface area (Å²) in [5.41, 5.74) is 1.93. The fourth-order valence-electron chi connectivity index (χ4n) is 3.76. The van der Waals surface area contributed by atoms with E-state index >= 15 is 0 Å². The average molecular weight is 422 g/mol. The van der Waals surface area contributed by atoms with Gasteiger partial charge in [-0.2, -0.15) is 0 Å². The van der Waals surface area contributed by atoms with Crippen LogP contribution in [0.2, 0.25) is 0 Å². The maximum atomic E-state index is 12.4. The molecule has 1 aromatic carbocycles. The Bertz CT molecular complexity index is 686. The van der Waals surface area contributed by atoms with E-state index < -0.39 is 0 Å². The summed E-state index contributed by atoms with van der Waals surface area (Å²) in [5.74, 6) is 0.567. The van der Waals surface area contributed by atoms with E-state index in [1.807, 2.05) is 18.2 Å². The molecule has 0 aromatic heterocycles. The second kappa shape index (κ2) is 11.0. The number of anilines is 1. The number of ether oxygens (including phenoxy) is 2. The number of morpholine rings is 2. The van der Waals surface area contributed by atoms with Crippen LogP contribution in [-0.2, 0) is 25.6 Å². The summed E-state index contributed by atoms with van der Waals surface area (Å²) in [4.78, 5) is 28.7. The van der Waals surface area contributed by atoms with E-state index in [4.69, 9.17) is 9.47 Å². The van der Waals surface area contributed by atoms with E-state index in [0.29, 0.717) is 32.1 Å². The van der Waals surface area contributed by atoms with Crippen molar-refractivity contribution in [2.75, 3.05) is 56.2 Å². The van der Waals surface area contributed by atoms with Crippen LogP contribution in [0.25, 0.3) is 0 Å². The molecule has 0 aliphatic carbocycles. The summed E-state index contributed by atoms with van der Waals surface area (Å²) in [6, 6.07) is 7.91. The molecule has 7 nitrogen and oxygen atoms in total. The molecule has 3 rings (SSSR count). The van der Waals surface area contributed by atoms with Crippen molar-refractivity contribution in [3.05, 3.63) is 29.8 Å². The van der Waals surface area contributed by atoms with E-state index in [2.05, 4.69) is 30.1 Å². The quantitative estimate of drug-likeness (QED) is 0.724. The highest BCUT2D eigenvalue weighted by atomic mass is 32.2. The molecular formula is C21H31N3O4S. The first kappa shape index (κ1) is 22.1. The van der Waals surface area contributed by atoms with E-state index in [9.17, 15) is 9.59 Å². The van der Waals surface area contributed by atoms with Gasteiger partial charge in [0.2, 0.25) is 11.8 Å². The van der Waals surface area contributed by atoms with Crippen molar-refractivity contribution < 1.29 is 19.1 Å². The molecule has 29 heavy (non-hydrogen) atoms. The van der Waals surface area contributed by atoms with Gasteiger partial charge in [-0.25, -0.2) is 0 Å². The second-order valence-corrected chi connectivity index (χ2v) is 8.63. The normalized spacial score (nSPS) is 23.0. The Morgan fingerprint density at radius 3 is 2.52 bits per heavy atom. The van der Waals surface area contributed by atoms with Crippen molar-refractivity contribution in [2.24, 2.45) is 0 Å². The lowest BCUT2D eigenvalue weighted by molar-refractivity contribution is -0.132. The van der Waals surface area contributed by atoms with Gasteiger partial charge in [-0.1, -0.05) is 18.2 Å². The van der Waals surface area contributed by atoms with Gasteiger partial charge in [0.05, 0.1) is 36.9 Å². The van der Waals surface area contributed by atoms with Crippen molar-refractivity contribution in [1.82, 2.24) is 9.80 Å². The Morgan fingerprint density at radius 2 is 1.79 bits per heavy atom. The van der Waals surface area contributed by atoms with Crippen LogP contribution in [0, 0.1) is 0 Å². The lowest BCUT2D eigenvalue weighted by Gasteiger charge is -2.35. The maximum Gasteiger partial charge on any atom is 0.234 e. The van der Waals surface area contributed by atoms with Crippen molar-refractivity contribution in [3.8, 4) is 0 Å². The van der Waals surface area contributed by atoms with Crippen LogP contribution in [0.15, 0.2) is 24.3 Å². The van der Waals surface area contributed by atoms with Crippen molar-refractivity contribution >= 4 is 29.3 Å². The van der Waals surface area contributed by atoms with Crippen molar-refractivity contribution in [3.63, 3.8) is 0 Å². The van der Waals surface area contributed by atoms with E-state index in [-0.39, 0.29) is 29.8 Å². The number of carbonyl (C=O) groups excluding carboxylic acids is 2. The van der Waals surface area contributed by atoms with Crippen LogP contribution >= 0.6 is 11.8 Å². The number of hydrogen-bond acceptors (Lipinski definition) is 6. The second-order valence-electron chi connectivity index (χ2n) is 7.64. The van der Waals surface area contributed by atoms with Gasteiger partial charge < -0.3 is 19.7 Å². The Balaban J connectivity index is 1.47. The smallest absolute Gasteiger partial charge is 0.234 e. The molecule has 1 aromatic rings. The SMILES string of the molecule is CC1CN(Cc2ccccc2NC(=O)CSCC(=O)N2CCOCC2)CC(C)O1. The molecule has 2 heterocycles. The molecule has 2 atom stereocenters. The minimum absolute atomic E-state index is 0.0713. The molecule has 2 fully saturated rings. The highest BCUT2D eigenvalue weighted by molar-refractivity contribution is 8.00. The third kappa shape index (κ3) is 6.99. The average Bonchev–Trinajstić information content (AvgIpc) is 2.69. The monoisotopic (exact) mass is 421 g/mol. The van der Waals surface area contributed by atoms with Crippen LogP contribution in [0.5, 0.6) is 0 Å². The molecule has 8 heteroatoms. The topological polar surface area (TPSA) is 71.1 Å². The largest absolute Gasteiger partial charge is 0.378 e. The number of nitrogens with zero attached hydrogens (tertiary/aromatic N) is 2. The number of hydrogen-bond donors (Lipinski definition) is 1. The first-order chi connectivity index (χ1) is 14.0. The Hall–Kier alpha value is -1.61. The van der Waals surface area contributed by atoms with E-state index in [1.165, 1.54) is 11.8 Å². The highest BCUT2D eigenvalue weighted by Gasteiger charge is 2.23. The maximum absolute atomic E-state index is 12.4. The summed E-state index contributed by atoms with van der Waals surface area (Å²) < 4.78 is 11.1. The van der Waals surface area contributed by atoms with Gasteiger partial charge in [0.25, 0.3) is 0 Å². The standard InChI is InChI=1S/C21H31N3O4S/c1-16-11-23(12-17(2)28-16)13-18-5-3-4-6-19(18)22-20(25)14-29-15-21(26)24-7-9-27-10-8-24/h3-6,16-17H,7-15H2,1-2H3,(H,22,25). The molecule has 2 saturated heterocycles. The molecule has 2 aliphatic heterocycles. The lowest BCUT2D eigenvalue weighted by Crippen LogP contribution is -2.44. The molecule has 2 amide bonds. The molecule has 2 aliphatic rings. The predicted molar refractivity (Wildman–Crippen MR) is 115 cm³/mol. The number of benzene rings is 1. The van der Waals surface area contributed by atoms with Gasteiger partial charge in [-0.05, 0) is 25.5 Å². The fraction of sp³-hybridized carbons (Fsp3) is 0.619. The van der Waals surface area contributed by atoms with Gasteiger partial charge >= 0.3 is 0 Å². The zero-order chi connectivity index (χ0) is 20.6. The molecular weight excluding hydrogens is 390 g/mol. The number of thioether (sulfide) groups is 1. The summed E-state index contributed by atoms with van der Waals surface area (Å²) >= 11 is 1.35. The minimum atomic E-state index is -0.0825. The fourth-order valence-corrected chi connectivity index (χ4v) is 4.47. The third-order valence-corrected chi connectivity index (χ3v) is 5.92. The molecule has 0 bridgehead atoms. The minimum Gasteiger partial charge on any atom is -0.378 e. The van der Waals surface area contributed by atoms with E-state index in [1.54, 1.807) is 4.90 Å². The van der Waals surface area contributed by atoms with Crippen molar-refractivity contribution in [1.29, 1.82) is 0 Å². The molecule has 0 radical (unpaired) electrons. The number of rotatable bonds is 7. The molecule has 1 N–H and O–H groups in total. The molecule has 0 spiro atoms. The summed E-state index contributed by atoms with van der Waals surface area (Å²) in [6.45, 7) is 9.17. The first-order valence-electron chi connectivity index (χ1n) is 10.2. The summed E-state index contributed by atoms with van der Waals surface area (Å²) in [5, 5.41) is 3.01. The number of para-hydroxylation sites is 1. The first-order valence-corrected chi connectivity index (χ1v) is 11.4. The molecule has 0 saturated carbocycles. The highest BCUT2D eigenvalue weighted by Crippen LogP contribution is 2.20. The summed E-state index contributed by atoms with van der Waals surface area (Å²) in [6.07, 6.45) is 0.418. The zero-order valence-corrected chi connectivity index (χ0v) is 18.1. The van der Waals surface area contributed by atoms with Crippen LogP contribution in [0.3, 0.4) is 0 Å². The Kier molecular flexibility index (Phi) is 8.35.